The molecule has 154 valence electrons. The number of halogens is 3. The fourth-order valence-electron chi connectivity index (χ4n) is 2.47. The van der Waals surface area contributed by atoms with Crippen molar-refractivity contribution in [3.05, 3.63) is 100 Å². The monoisotopic (exact) mass is 445 g/mol. The second-order valence-corrected chi connectivity index (χ2v) is 7.60. The summed E-state index contributed by atoms with van der Waals surface area (Å²) in [6.45, 7) is -0.148. The van der Waals surface area contributed by atoms with E-state index >= 15 is 0 Å². The van der Waals surface area contributed by atoms with E-state index in [1.165, 1.54) is 18.0 Å². The summed E-state index contributed by atoms with van der Waals surface area (Å²) in [4.78, 5) is 0. The number of ether oxygens (including phenoxy) is 1. The molecule has 0 atom stereocenters. The van der Waals surface area contributed by atoms with Gasteiger partial charge in [0, 0.05) is 21.9 Å². The largest absolute Gasteiger partial charge is 0.488 e. The first-order valence-electron chi connectivity index (χ1n) is 8.91. The van der Waals surface area contributed by atoms with E-state index in [1.807, 2.05) is 30.3 Å². The number of benzene rings is 3. The van der Waals surface area contributed by atoms with E-state index in [2.05, 4.69) is 10.2 Å². The Morgan fingerprint density at radius 1 is 1.07 bits per heavy atom. The zero-order chi connectivity index (χ0) is 21.3. The van der Waals surface area contributed by atoms with Crippen LogP contribution in [0.4, 0.5) is 8.78 Å². The first-order valence-corrected chi connectivity index (χ1v) is 10.3. The van der Waals surface area contributed by atoms with E-state index in [0.29, 0.717) is 27.3 Å². The van der Waals surface area contributed by atoms with Crippen LogP contribution in [-0.4, -0.2) is 11.4 Å². The third-order valence-corrected chi connectivity index (χ3v) is 5.04. The normalized spacial score (nSPS) is 11.8. The van der Waals surface area contributed by atoms with E-state index in [0.717, 1.165) is 23.8 Å². The van der Waals surface area contributed by atoms with E-state index in [-0.39, 0.29) is 12.2 Å². The molecule has 0 amide bonds. The van der Waals surface area contributed by atoms with E-state index in [9.17, 15) is 8.78 Å². The van der Waals surface area contributed by atoms with Gasteiger partial charge in [0.15, 0.2) is 5.17 Å². The van der Waals surface area contributed by atoms with Crippen LogP contribution in [0, 0.1) is 11.6 Å². The first-order chi connectivity index (χ1) is 14.5. The van der Waals surface area contributed by atoms with Gasteiger partial charge in [-0.1, -0.05) is 53.7 Å². The summed E-state index contributed by atoms with van der Waals surface area (Å²) in [5, 5.41) is 8.73. The summed E-state index contributed by atoms with van der Waals surface area (Å²) in [6, 6.07) is 17.9. The van der Waals surface area contributed by atoms with Crippen LogP contribution in [0.5, 0.6) is 5.75 Å². The quantitative estimate of drug-likeness (QED) is 0.285. The molecule has 0 aliphatic rings. The number of thioether (sulfide) groups is 1. The van der Waals surface area contributed by atoms with Gasteiger partial charge in [-0.2, -0.15) is 5.10 Å². The minimum atomic E-state index is -0.548. The number of hydrogen-bond acceptors (Lipinski definition) is 4. The predicted molar refractivity (Wildman–Crippen MR) is 119 cm³/mol. The van der Waals surface area contributed by atoms with Crippen molar-refractivity contribution >= 4 is 34.7 Å². The highest BCUT2D eigenvalue weighted by atomic mass is 35.5. The number of hydrogen-bond donors (Lipinski definition) is 1. The average molecular weight is 446 g/mol. The number of amidine groups is 1. The zero-order valence-corrected chi connectivity index (χ0v) is 17.3. The maximum atomic E-state index is 13.8. The molecular weight excluding hydrogens is 428 g/mol. The molecule has 0 heterocycles. The van der Waals surface area contributed by atoms with Crippen LogP contribution in [0.2, 0.25) is 5.02 Å². The van der Waals surface area contributed by atoms with Gasteiger partial charge >= 0.3 is 0 Å². The molecule has 2 N–H and O–H groups in total. The average Bonchev–Trinajstić information content (AvgIpc) is 2.74. The molecule has 0 unspecified atom stereocenters. The molecule has 4 nitrogen and oxygen atoms in total. The lowest BCUT2D eigenvalue weighted by Gasteiger charge is -2.10. The topological polar surface area (TPSA) is 60.0 Å². The van der Waals surface area contributed by atoms with Crippen LogP contribution in [0.15, 0.2) is 76.9 Å². The summed E-state index contributed by atoms with van der Waals surface area (Å²) >= 11 is 7.41. The summed E-state index contributed by atoms with van der Waals surface area (Å²) in [6.07, 6.45) is 1.44. The van der Waals surface area contributed by atoms with Crippen LogP contribution in [0.25, 0.3) is 0 Å². The van der Waals surface area contributed by atoms with Crippen molar-refractivity contribution in [1.82, 2.24) is 0 Å². The molecule has 30 heavy (non-hydrogen) atoms. The number of rotatable bonds is 7. The molecule has 3 aromatic carbocycles. The third-order valence-electron chi connectivity index (χ3n) is 3.95. The summed E-state index contributed by atoms with van der Waals surface area (Å²) < 4.78 is 32.8. The molecule has 3 rings (SSSR count). The number of nitrogens with two attached hydrogens (primary N) is 1. The SMILES string of the molecule is NC(=NN=Cc1cc(Cl)ccc1OCc1cc(F)ccc1F)SCc1ccccc1. The molecule has 0 saturated heterocycles. The van der Waals surface area contributed by atoms with Crippen molar-refractivity contribution in [1.29, 1.82) is 0 Å². The van der Waals surface area contributed by atoms with Crippen LogP contribution < -0.4 is 10.5 Å². The molecule has 0 aliphatic heterocycles. The van der Waals surface area contributed by atoms with Crippen LogP contribution in [-0.2, 0) is 12.4 Å². The van der Waals surface area contributed by atoms with Gasteiger partial charge in [-0.05, 0) is 42.0 Å². The van der Waals surface area contributed by atoms with Gasteiger partial charge < -0.3 is 10.5 Å². The van der Waals surface area contributed by atoms with Crippen molar-refractivity contribution in [3.8, 4) is 5.75 Å². The third kappa shape index (κ3) is 6.57. The van der Waals surface area contributed by atoms with Crippen LogP contribution in [0.3, 0.4) is 0 Å². The summed E-state index contributed by atoms with van der Waals surface area (Å²) in [5.41, 5.74) is 7.64. The highest BCUT2D eigenvalue weighted by Crippen LogP contribution is 2.23. The smallest absolute Gasteiger partial charge is 0.180 e. The Bertz CT molecular complexity index is 1060. The molecule has 3 aromatic rings. The van der Waals surface area contributed by atoms with Crippen molar-refractivity contribution in [3.63, 3.8) is 0 Å². The Labute approximate surface area is 182 Å². The fraction of sp³-hybridized carbons (Fsp3) is 0.0909. The Kier molecular flexibility index (Phi) is 7.82. The number of nitrogens with zero attached hydrogens (tertiary/aromatic N) is 2. The molecular formula is C22H18ClF2N3OS. The van der Waals surface area contributed by atoms with Crippen molar-refractivity contribution in [2.45, 2.75) is 12.4 Å². The Hall–Kier alpha value is -2.90. The molecule has 0 aliphatic carbocycles. The fourth-order valence-corrected chi connectivity index (χ4v) is 3.26. The molecule has 0 bridgehead atoms. The summed E-state index contributed by atoms with van der Waals surface area (Å²) in [5.74, 6) is -0.00668. The molecule has 0 spiro atoms. The highest BCUT2D eigenvalue weighted by molar-refractivity contribution is 8.13. The van der Waals surface area contributed by atoms with Gasteiger partial charge in [0.2, 0.25) is 0 Å². The maximum absolute atomic E-state index is 13.8. The molecule has 8 heteroatoms. The van der Waals surface area contributed by atoms with Gasteiger partial charge in [-0.25, -0.2) is 8.78 Å². The Balaban J connectivity index is 1.66. The van der Waals surface area contributed by atoms with E-state index in [4.69, 9.17) is 22.1 Å². The Morgan fingerprint density at radius 2 is 1.87 bits per heavy atom. The van der Waals surface area contributed by atoms with Gasteiger partial charge in [-0.3, -0.25) is 0 Å². The van der Waals surface area contributed by atoms with Crippen molar-refractivity contribution < 1.29 is 13.5 Å². The highest BCUT2D eigenvalue weighted by Gasteiger charge is 2.08. The molecule has 0 fully saturated rings. The lowest BCUT2D eigenvalue weighted by atomic mass is 10.2. The molecule has 0 radical (unpaired) electrons. The maximum Gasteiger partial charge on any atom is 0.180 e. The van der Waals surface area contributed by atoms with Gasteiger partial charge in [0.05, 0.1) is 6.21 Å². The predicted octanol–water partition coefficient (Wildman–Crippen LogP) is 5.78. The van der Waals surface area contributed by atoms with Crippen molar-refractivity contribution in [2.75, 3.05) is 0 Å². The van der Waals surface area contributed by atoms with Crippen LogP contribution in [0.1, 0.15) is 16.7 Å². The second-order valence-electron chi connectivity index (χ2n) is 6.16. The second kappa shape index (κ2) is 10.8. The lowest BCUT2D eigenvalue weighted by molar-refractivity contribution is 0.298. The van der Waals surface area contributed by atoms with E-state index in [1.54, 1.807) is 18.2 Å². The first kappa shape index (κ1) is 21.8. The Morgan fingerprint density at radius 3 is 2.67 bits per heavy atom. The minimum absolute atomic E-state index is 0.104. The summed E-state index contributed by atoms with van der Waals surface area (Å²) in [7, 11) is 0. The zero-order valence-electron chi connectivity index (χ0n) is 15.8. The molecule has 0 saturated carbocycles. The van der Waals surface area contributed by atoms with Gasteiger partial charge in [0.25, 0.3) is 0 Å². The minimum Gasteiger partial charge on any atom is -0.488 e. The van der Waals surface area contributed by atoms with Crippen molar-refractivity contribution in [2.24, 2.45) is 15.9 Å². The standard InChI is InChI=1S/C22H18ClF2N3OS/c23-18-6-9-21(29-13-17-11-19(24)7-8-20(17)25)16(10-18)12-27-28-22(26)30-14-15-4-2-1-3-5-15/h1-12H,13-14H2,(H2,26,28). The van der Waals surface area contributed by atoms with Crippen LogP contribution >= 0.6 is 23.4 Å². The lowest BCUT2D eigenvalue weighted by Crippen LogP contribution is -2.06. The van der Waals surface area contributed by atoms with Gasteiger partial charge in [0.1, 0.15) is 24.0 Å². The molecule has 0 aromatic heterocycles. The van der Waals surface area contributed by atoms with E-state index < -0.39 is 11.6 Å². The van der Waals surface area contributed by atoms with Gasteiger partial charge in [-0.15, -0.1) is 5.10 Å².